The van der Waals surface area contributed by atoms with Gasteiger partial charge in [0.2, 0.25) is 11.8 Å². The van der Waals surface area contributed by atoms with E-state index < -0.39 is 0 Å². The second kappa shape index (κ2) is 6.03. The summed E-state index contributed by atoms with van der Waals surface area (Å²) in [5, 5.41) is 5.53. The van der Waals surface area contributed by atoms with E-state index in [1.807, 2.05) is 13.8 Å². The Morgan fingerprint density at radius 2 is 1.76 bits per heavy atom. The smallest absolute Gasteiger partial charge is 0.226 e. The Hall–Kier alpha value is -1.84. The molecule has 17 heavy (non-hydrogen) atoms. The van der Waals surface area contributed by atoms with Crippen LogP contribution in [0.4, 0.5) is 11.4 Å². The van der Waals surface area contributed by atoms with Gasteiger partial charge in [-0.3, -0.25) is 9.59 Å². The van der Waals surface area contributed by atoms with Crippen molar-refractivity contribution < 1.29 is 9.59 Å². The molecule has 0 atom stereocenters. The van der Waals surface area contributed by atoms with Crippen LogP contribution in [-0.2, 0) is 9.59 Å². The fourth-order valence-corrected chi connectivity index (χ4v) is 1.21. The van der Waals surface area contributed by atoms with Gasteiger partial charge in [-0.05, 0) is 18.2 Å². The number of amides is 2. The third kappa shape index (κ3) is 4.26. The van der Waals surface area contributed by atoms with E-state index in [-0.39, 0.29) is 17.7 Å². The lowest BCUT2D eigenvalue weighted by molar-refractivity contribution is -0.119. The van der Waals surface area contributed by atoms with Crippen molar-refractivity contribution in [3.05, 3.63) is 24.3 Å². The molecule has 0 radical (unpaired) electrons. The van der Waals surface area contributed by atoms with Crippen molar-refractivity contribution in [1.82, 2.24) is 0 Å². The van der Waals surface area contributed by atoms with Crippen molar-refractivity contribution in [3.63, 3.8) is 0 Å². The lowest BCUT2D eigenvalue weighted by atomic mass is 10.2. The van der Waals surface area contributed by atoms with Crippen LogP contribution in [0, 0.1) is 5.92 Å². The van der Waals surface area contributed by atoms with Crippen molar-refractivity contribution >= 4 is 23.2 Å². The van der Waals surface area contributed by atoms with Gasteiger partial charge in [-0.15, -0.1) is 0 Å². The molecule has 0 aliphatic rings. The minimum atomic E-state index is -0.0658. The molecule has 0 bridgehead atoms. The van der Waals surface area contributed by atoms with Gasteiger partial charge in [-0.1, -0.05) is 26.8 Å². The molecule has 4 heteroatoms. The van der Waals surface area contributed by atoms with Crippen molar-refractivity contribution in [2.75, 3.05) is 10.6 Å². The summed E-state index contributed by atoms with van der Waals surface area (Å²) < 4.78 is 0. The summed E-state index contributed by atoms with van der Waals surface area (Å²) >= 11 is 0. The van der Waals surface area contributed by atoms with Gasteiger partial charge in [-0.25, -0.2) is 0 Å². The van der Waals surface area contributed by atoms with Crippen LogP contribution in [0.25, 0.3) is 0 Å². The van der Waals surface area contributed by atoms with Gasteiger partial charge >= 0.3 is 0 Å². The lowest BCUT2D eigenvalue weighted by Crippen LogP contribution is -2.18. The molecule has 4 nitrogen and oxygen atoms in total. The number of hydrogen-bond donors (Lipinski definition) is 2. The van der Waals surface area contributed by atoms with Crippen molar-refractivity contribution in [3.8, 4) is 0 Å². The molecule has 2 amide bonds. The summed E-state index contributed by atoms with van der Waals surface area (Å²) in [5.74, 6) is -0.148. The molecular weight excluding hydrogens is 216 g/mol. The number of anilines is 2. The van der Waals surface area contributed by atoms with Crippen LogP contribution >= 0.6 is 0 Å². The van der Waals surface area contributed by atoms with Crippen LogP contribution in [0.2, 0.25) is 0 Å². The van der Waals surface area contributed by atoms with E-state index in [0.29, 0.717) is 17.8 Å². The van der Waals surface area contributed by atoms with Crippen molar-refractivity contribution in [2.24, 2.45) is 5.92 Å². The molecule has 1 rings (SSSR count). The maximum absolute atomic E-state index is 11.5. The lowest BCUT2D eigenvalue weighted by Gasteiger charge is -2.09. The van der Waals surface area contributed by atoms with Crippen LogP contribution in [0.3, 0.4) is 0 Å². The standard InChI is InChI=1S/C13H18N2O2/c1-4-12(16)14-10-6-5-7-11(8-10)15-13(17)9(2)3/h5-9H,4H2,1-3H3,(H,14,16)(H,15,17). The van der Waals surface area contributed by atoms with E-state index in [1.165, 1.54) is 0 Å². The maximum atomic E-state index is 11.5. The van der Waals surface area contributed by atoms with E-state index in [4.69, 9.17) is 0 Å². The quantitative estimate of drug-likeness (QED) is 0.841. The van der Waals surface area contributed by atoms with Crippen LogP contribution in [0.1, 0.15) is 27.2 Å². The normalized spacial score (nSPS) is 10.1. The highest BCUT2D eigenvalue weighted by atomic mass is 16.2. The molecule has 1 aromatic carbocycles. The maximum Gasteiger partial charge on any atom is 0.226 e. The van der Waals surface area contributed by atoms with Crippen LogP contribution in [0.15, 0.2) is 24.3 Å². The number of carbonyl (C=O) groups excluding carboxylic acids is 2. The van der Waals surface area contributed by atoms with Gasteiger partial charge in [0.1, 0.15) is 0 Å². The SMILES string of the molecule is CCC(=O)Nc1cccc(NC(=O)C(C)C)c1. The number of rotatable bonds is 4. The highest BCUT2D eigenvalue weighted by molar-refractivity contribution is 5.94. The van der Waals surface area contributed by atoms with Crippen molar-refractivity contribution in [2.45, 2.75) is 27.2 Å². The fraction of sp³-hybridized carbons (Fsp3) is 0.385. The summed E-state index contributed by atoms with van der Waals surface area (Å²) in [6, 6.07) is 7.12. The molecule has 0 unspecified atom stereocenters. The first kappa shape index (κ1) is 13.2. The predicted molar refractivity (Wildman–Crippen MR) is 68.8 cm³/mol. The second-order valence-corrected chi connectivity index (χ2v) is 4.13. The Morgan fingerprint density at radius 3 is 2.29 bits per heavy atom. The minimum Gasteiger partial charge on any atom is -0.326 e. The topological polar surface area (TPSA) is 58.2 Å². The number of benzene rings is 1. The zero-order valence-corrected chi connectivity index (χ0v) is 10.4. The predicted octanol–water partition coefficient (Wildman–Crippen LogP) is 2.63. The van der Waals surface area contributed by atoms with Crippen LogP contribution in [-0.4, -0.2) is 11.8 Å². The van der Waals surface area contributed by atoms with Gasteiger partial charge in [0.15, 0.2) is 0 Å². The third-order valence-electron chi connectivity index (χ3n) is 2.26. The van der Waals surface area contributed by atoms with E-state index in [0.717, 1.165) is 0 Å². The van der Waals surface area contributed by atoms with Gasteiger partial charge in [-0.2, -0.15) is 0 Å². The van der Waals surface area contributed by atoms with Gasteiger partial charge in [0, 0.05) is 23.7 Å². The first-order valence-corrected chi connectivity index (χ1v) is 5.73. The number of hydrogen-bond acceptors (Lipinski definition) is 2. The Balaban J connectivity index is 2.72. The van der Waals surface area contributed by atoms with Crippen LogP contribution < -0.4 is 10.6 Å². The largest absolute Gasteiger partial charge is 0.326 e. The molecule has 0 spiro atoms. The van der Waals surface area contributed by atoms with E-state index in [9.17, 15) is 9.59 Å². The van der Waals surface area contributed by atoms with E-state index in [2.05, 4.69) is 10.6 Å². The minimum absolute atomic E-state index is 0.0380. The first-order valence-electron chi connectivity index (χ1n) is 5.73. The molecule has 0 heterocycles. The third-order valence-corrected chi connectivity index (χ3v) is 2.26. The van der Waals surface area contributed by atoms with Gasteiger partial charge in [0.25, 0.3) is 0 Å². The summed E-state index contributed by atoms with van der Waals surface area (Å²) in [6.07, 6.45) is 0.433. The molecule has 92 valence electrons. The molecular formula is C13H18N2O2. The molecule has 0 fully saturated rings. The summed E-state index contributed by atoms with van der Waals surface area (Å²) in [7, 11) is 0. The summed E-state index contributed by atoms with van der Waals surface area (Å²) in [5.41, 5.74) is 1.39. The summed E-state index contributed by atoms with van der Waals surface area (Å²) in [4.78, 5) is 22.7. The Kier molecular flexibility index (Phi) is 4.69. The Bertz CT molecular complexity index is 414. The van der Waals surface area contributed by atoms with Crippen LogP contribution in [0.5, 0.6) is 0 Å². The Labute approximate surface area is 101 Å². The first-order chi connectivity index (χ1) is 8.02. The zero-order chi connectivity index (χ0) is 12.8. The molecule has 0 aliphatic heterocycles. The molecule has 2 N–H and O–H groups in total. The van der Waals surface area contributed by atoms with E-state index >= 15 is 0 Å². The fourth-order valence-electron chi connectivity index (χ4n) is 1.21. The van der Waals surface area contributed by atoms with Crippen molar-refractivity contribution in [1.29, 1.82) is 0 Å². The molecule has 0 saturated carbocycles. The average Bonchev–Trinajstić information content (AvgIpc) is 2.29. The van der Waals surface area contributed by atoms with Gasteiger partial charge < -0.3 is 10.6 Å². The highest BCUT2D eigenvalue weighted by Gasteiger charge is 2.07. The second-order valence-electron chi connectivity index (χ2n) is 4.13. The Morgan fingerprint density at radius 1 is 1.18 bits per heavy atom. The number of nitrogens with one attached hydrogen (secondary N) is 2. The molecule has 0 saturated heterocycles. The molecule has 0 aromatic heterocycles. The number of carbonyl (C=O) groups is 2. The highest BCUT2D eigenvalue weighted by Crippen LogP contribution is 2.16. The monoisotopic (exact) mass is 234 g/mol. The average molecular weight is 234 g/mol. The molecule has 1 aromatic rings. The van der Waals surface area contributed by atoms with E-state index in [1.54, 1.807) is 31.2 Å². The molecule has 0 aliphatic carbocycles. The summed E-state index contributed by atoms with van der Waals surface area (Å²) in [6.45, 7) is 5.45. The van der Waals surface area contributed by atoms with Gasteiger partial charge in [0.05, 0.1) is 0 Å². The zero-order valence-electron chi connectivity index (χ0n) is 10.4.